The number of hydrogen-bond donors (Lipinski definition) is 0. The van der Waals surface area contributed by atoms with E-state index in [0.29, 0.717) is 5.92 Å². The average molecular weight is 213 g/mol. The van der Waals surface area contributed by atoms with E-state index in [-0.39, 0.29) is 0 Å². The fraction of sp³-hybridized carbons (Fsp3) is 0.333. The number of rotatable bonds is 2. The molecule has 0 saturated heterocycles. The van der Waals surface area contributed by atoms with Gasteiger partial charge in [-0.15, -0.1) is 0 Å². The maximum Gasteiger partial charge on any atom is 0.0481 e. The maximum absolute atomic E-state index is 2.32. The molecule has 0 spiro atoms. The van der Waals surface area contributed by atoms with Gasteiger partial charge in [0.25, 0.3) is 0 Å². The SMILES string of the molecule is Cc1ccccc1N1C=CCC=C1C(C)C. The van der Waals surface area contributed by atoms with Gasteiger partial charge in [-0.25, -0.2) is 0 Å². The van der Waals surface area contributed by atoms with Crippen LogP contribution in [0.4, 0.5) is 5.69 Å². The van der Waals surface area contributed by atoms with Crippen LogP contribution in [0.1, 0.15) is 25.8 Å². The molecule has 0 aliphatic carbocycles. The molecule has 1 aliphatic rings. The van der Waals surface area contributed by atoms with Gasteiger partial charge in [-0.1, -0.05) is 44.2 Å². The van der Waals surface area contributed by atoms with Crippen molar-refractivity contribution in [2.45, 2.75) is 27.2 Å². The van der Waals surface area contributed by atoms with Crippen molar-refractivity contribution < 1.29 is 0 Å². The molecule has 16 heavy (non-hydrogen) atoms. The molecule has 1 nitrogen and oxygen atoms in total. The number of benzene rings is 1. The molecule has 1 heterocycles. The van der Waals surface area contributed by atoms with Crippen LogP contribution < -0.4 is 4.90 Å². The largest absolute Gasteiger partial charge is 0.321 e. The van der Waals surface area contributed by atoms with Crippen molar-refractivity contribution in [2.75, 3.05) is 4.90 Å². The molecule has 1 heteroatoms. The lowest BCUT2D eigenvalue weighted by Gasteiger charge is -2.30. The van der Waals surface area contributed by atoms with Gasteiger partial charge in [0, 0.05) is 17.6 Å². The molecule has 1 aliphatic heterocycles. The Balaban J connectivity index is 2.39. The summed E-state index contributed by atoms with van der Waals surface area (Å²) in [7, 11) is 0. The standard InChI is InChI=1S/C15H19N/c1-12(2)14-9-6-7-11-16(14)15-10-5-4-8-13(15)3/h4-5,7-12H,6H2,1-3H3. The molecule has 0 unspecified atom stereocenters. The molecule has 0 aromatic heterocycles. The van der Waals surface area contributed by atoms with Crippen LogP contribution in [-0.4, -0.2) is 0 Å². The van der Waals surface area contributed by atoms with Crippen molar-refractivity contribution in [1.82, 2.24) is 0 Å². The number of nitrogens with zero attached hydrogens (tertiary/aromatic N) is 1. The van der Waals surface area contributed by atoms with E-state index in [1.165, 1.54) is 16.9 Å². The van der Waals surface area contributed by atoms with Crippen LogP contribution in [0, 0.1) is 12.8 Å². The van der Waals surface area contributed by atoms with Gasteiger partial charge in [-0.3, -0.25) is 0 Å². The summed E-state index contributed by atoms with van der Waals surface area (Å²) in [5.41, 5.74) is 4.01. The van der Waals surface area contributed by atoms with E-state index in [2.05, 4.69) is 68.3 Å². The Morgan fingerprint density at radius 1 is 1.19 bits per heavy atom. The first kappa shape index (κ1) is 11.0. The summed E-state index contributed by atoms with van der Waals surface area (Å²) >= 11 is 0. The molecule has 0 bridgehead atoms. The minimum absolute atomic E-state index is 0.560. The number of allylic oxidation sites excluding steroid dienone is 3. The molecular formula is C15H19N. The topological polar surface area (TPSA) is 3.24 Å². The smallest absolute Gasteiger partial charge is 0.0481 e. The van der Waals surface area contributed by atoms with Gasteiger partial charge in [-0.05, 0) is 30.9 Å². The summed E-state index contributed by atoms with van der Waals surface area (Å²) in [6, 6.07) is 8.53. The van der Waals surface area contributed by atoms with Gasteiger partial charge in [0.1, 0.15) is 0 Å². The Morgan fingerprint density at radius 3 is 2.62 bits per heavy atom. The van der Waals surface area contributed by atoms with E-state index in [1.54, 1.807) is 0 Å². The second kappa shape index (κ2) is 4.56. The summed E-state index contributed by atoms with van der Waals surface area (Å²) in [6.45, 7) is 6.66. The van der Waals surface area contributed by atoms with Gasteiger partial charge >= 0.3 is 0 Å². The van der Waals surface area contributed by atoms with E-state index in [9.17, 15) is 0 Å². The number of para-hydroxylation sites is 1. The van der Waals surface area contributed by atoms with Crippen molar-refractivity contribution >= 4 is 5.69 Å². The zero-order valence-corrected chi connectivity index (χ0v) is 10.3. The molecule has 0 saturated carbocycles. The van der Waals surface area contributed by atoms with Crippen LogP contribution in [0.2, 0.25) is 0 Å². The molecule has 0 amide bonds. The quantitative estimate of drug-likeness (QED) is 0.709. The van der Waals surface area contributed by atoms with Crippen LogP contribution in [0.25, 0.3) is 0 Å². The third kappa shape index (κ3) is 2.04. The first-order valence-electron chi connectivity index (χ1n) is 5.91. The predicted octanol–water partition coefficient (Wildman–Crippen LogP) is 4.26. The monoisotopic (exact) mass is 213 g/mol. The third-order valence-corrected chi connectivity index (χ3v) is 2.96. The fourth-order valence-electron chi connectivity index (χ4n) is 2.11. The summed E-state index contributed by atoms with van der Waals surface area (Å²) in [5, 5.41) is 0. The maximum atomic E-state index is 2.32. The first-order valence-corrected chi connectivity index (χ1v) is 5.91. The highest BCUT2D eigenvalue weighted by molar-refractivity contribution is 5.61. The van der Waals surface area contributed by atoms with E-state index in [0.717, 1.165) is 6.42 Å². The summed E-state index contributed by atoms with van der Waals surface area (Å²) in [5.74, 6) is 0.560. The number of aryl methyl sites for hydroxylation is 1. The van der Waals surface area contributed by atoms with Crippen LogP contribution in [0.5, 0.6) is 0 Å². The lowest BCUT2D eigenvalue weighted by molar-refractivity contribution is 0.732. The Morgan fingerprint density at radius 2 is 1.94 bits per heavy atom. The second-order valence-corrected chi connectivity index (χ2v) is 4.56. The molecule has 0 fully saturated rings. The van der Waals surface area contributed by atoms with E-state index >= 15 is 0 Å². The summed E-state index contributed by atoms with van der Waals surface area (Å²) < 4.78 is 0. The number of anilines is 1. The van der Waals surface area contributed by atoms with Gasteiger partial charge in [0.15, 0.2) is 0 Å². The fourth-order valence-corrected chi connectivity index (χ4v) is 2.11. The molecule has 2 rings (SSSR count). The Bertz CT molecular complexity index is 427. The Kier molecular flexibility index (Phi) is 3.14. The van der Waals surface area contributed by atoms with Crippen molar-refractivity contribution in [3.05, 3.63) is 53.9 Å². The highest BCUT2D eigenvalue weighted by atomic mass is 15.1. The van der Waals surface area contributed by atoms with E-state index in [4.69, 9.17) is 0 Å². The molecule has 0 radical (unpaired) electrons. The van der Waals surface area contributed by atoms with E-state index in [1.807, 2.05) is 0 Å². The van der Waals surface area contributed by atoms with Gasteiger partial charge in [-0.2, -0.15) is 0 Å². The highest BCUT2D eigenvalue weighted by Gasteiger charge is 2.15. The molecule has 1 aromatic rings. The lowest BCUT2D eigenvalue weighted by atomic mass is 10.0. The van der Waals surface area contributed by atoms with E-state index < -0.39 is 0 Å². The zero-order valence-electron chi connectivity index (χ0n) is 10.3. The second-order valence-electron chi connectivity index (χ2n) is 4.56. The summed E-state index contributed by atoms with van der Waals surface area (Å²) in [6.07, 6.45) is 7.77. The average Bonchev–Trinajstić information content (AvgIpc) is 2.29. The van der Waals surface area contributed by atoms with Crippen molar-refractivity contribution in [2.24, 2.45) is 5.92 Å². The molecule has 1 aromatic carbocycles. The Labute approximate surface area is 98.1 Å². The zero-order chi connectivity index (χ0) is 11.5. The van der Waals surface area contributed by atoms with Crippen molar-refractivity contribution in [3.63, 3.8) is 0 Å². The normalized spacial score (nSPS) is 15.5. The third-order valence-electron chi connectivity index (χ3n) is 2.96. The molecular weight excluding hydrogens is 194 g/mol. The number of hydrogen-bond acceptors (Lipinski definition) is 1. The molecule has 0 atom stereocenters. The Hall–Kier alpha value is -1.50. The van der Waals surface area contributed by atoms with Gasteiger partial charge in [0.2, 0.25) is 0 Å². The lowest BCUT2D eigenvalue weighted by Crippen LogP contribution is -2.21. The predicted molar refractivity (Wildman–Crippen MR) is 70.3 cm³/mol. The highest BCUT2D eigenvalue weighted by Crippen LogP contribution is 2.29. The van der Waals surface area contributed by atoms with Crippen molar-refractivity contribution in [1.29, 1.82) is 0 Å². The first-order chi connectivity index (χ1) is 7.70. The minimum atomic E-state index is 0.560. The van der Waals surface area contributed by atoms with Crippen LogP contribution in [-0.2, 0) is 0 Å². The minimum Gasteiger partial charge on any atom is -0.321 e. The molecule has 84 valence electrons. The van der Waals surface area contributed by atoms with Crippen LogP contribution >= 0.6 is 0 Å². The van der Waals surface area contributed by atoms with Crippen LogP contribution in [0.3, 0.4) is 0 Å². The summed E-state index contributed by atoms with van der Waals surface area (Å²) in [4.78, 5) is 2.31. The van der Waals surface area contributed by atoms with Crippen molar-refractivity contribution in [3.8, 4) is 0 Å². The van der Waals surface area contributed by atoms with Gasteiger partial charge < -0.3 is 4.90 Å². The van der Waals surface area contributed by atoms with Gasteiger partial charge in [0.05, 0.1) is 0 Å². The molecule has 0 N–H and O–H groups in total. The van der Waals surface area contributed by atoms with Crippen LogP contribution in [0.15, 0.2) is 48.3 Å².